The molecule has 0 saturated carbocycles. The fourth-order valence-electron chi connectivity index (χ4n) is 1.47. The van der Waals surface area contributed by atoms with Crippen LogP contribution in [0.1, 0.15) is 5.56 Å². The summed E-state index contributed by atoms with van der Waals surface area (Å²) < 4.78 is 19.7. The second kappa shape index (κ2) is 7.00. The van der Waals surface area contributed by atoms with E-state index in [0.29, 0.717) is 6.54 Å². The van der Waals surface area contributed by atoms with Crippen LogP contribution in [0.5, 0.6) is 6.01 Å². The monoisotopic (exact) mass is 337 g/mol. The molecule has 6 heteroatoms. The Morgan fingerprint density at radius 1 is 1.35 bits per heavy atom. The minimum atomic E-state index is -0.520. The van der Waals surface area contributed by atoms with Gasteiger partial charge >= 0.3 is 6.01 Å². The third-order valence-corrected chi connectivity index (χ3v) is 2.95. The van der Waals surface area contributed by atoms with Gasteiger partial charge in [-0.15, -0.1) is 0 Å². The molecule has 1 heterocycles. The van der Waals surface area contributed by atoms with E-state index in [-0.39, 0.29) is 18.4 Å². The van der Waals surface area contributed by atoms with Gasteiger partial charge in [-0.25, -0.2) is 9.37 Å². The lowest BCUT2D eigenvalue weighted by atomic mass is 10.2. The van der Waals surface area contributed by atoms with E-state index in [2.05, 4.69) is 37.8 Å². The highest BCUT2D eigenvalue weighted by Crippen LogP contribution is 2.15. The van der Waals surface area contributed by atoms with Crippen LogP contribution in [0.15, 0.2) is 47.6 Å². The van der Waals surface area contributed by atoms with Crippen molar-refractivity contribution < 1.29 is 9.13 Å². The number of aromatic nitrogens is 2. The van der Waals surface area contributed by atoms with Crippen LogP contribution in [0, 0.1) is 5.82 Å². The topological polar surface area (TPSA) is 47.0 Å². The number of halogens is 2. The number of ether oxygens (including phenoxy) is 1. The molecule has 0 bridgehead atoms. The summed E-state index contributed by atoms with van der Waals surface area (Å²) in [4.78, 5) is 7.71. The van der Waals surface area contributed by atoms with E-state index in [1.165, 1.54) is 0 Å². The van der Waals surface area contributed by atoms with E-state index < -0.39 is 5.82 Å². The molecule has 104 valence electrons. The second-order valence-electron chi connectivity index (χ2n) is 3.93. The van der Waals surface area contributed by atoms with E-state index in [9.17, 15) is 4.39 Å². The predicted octanol–water partition coefficient (Wildman–Crippen LogP) is 3.56. The molecule has 1 N–H and O–H groups in total. The van der Waals surface area contributed by atoms with Crippen LogP contribution in [-0.4, -0.2) is 16.6 Å². The molecule has 4 nitrogen and oxygen atoms in total. The fraction of sp³-hybridized carbons (Fsp3) is 0.143. The first-order valence-electron chi connectivity index (χ1n) is 5.93. The molecule has 20 heavy (non-hydrogen) atoms. The predicted molar refractivity (Wildman–Crippen MR) is 79.2 cm³/mol. The molecule has 0 atom stereocenters. The van der Waals surface area contributed by atoms with Crippen molar-refractivity contribution in [3.63, 3.8) is 0 Å². The molecule has 0 aliphatic heterocycles. The van der Waals surface area contributed by atoms with Crippen molar-refractivity contribution in [2.45, 2.75) is 6.54 Å². The molecule has 0 aliphatic carbocycles. The lowest BCUT2D eigenvalue weighted by molar-refractivity contribution is 0.332. The van der Waals surface area contributed by atoms with Crippen molar-refractivity contribution >= 4 is 21.7 Å². The SMILES string of the molecule is C=CCOc1ncc(F)c(NCc2ccc(Br)cc2)n1. The zero-order chi connectivity index (χ0) is 14.4. The number of hydrogen-bond donors (Lipinski definition) is 1. The van der Waals surface area contributed by atoms with Gasteiger partial charge in [0.1, 0.15) is 6.61 Å². The standard InChI is InChI=1S/C14H13BrFN3O/c1-2-7-20-14-18-9-12(16)13(19-14)17-8-10-3-5-11(15)6-4-10/h2-6,9H,1,7-8H2,(H,17,18,19). The van der Waals surface area contributed by atoms with E-state index in [1.54, 1.807) is 6.08 Å². The third-order valence-electron chi connectivity index (χ3n) is 2.43. The Morgan fingerprint density at radius 3 is 2.80 bits per heavy atom. The van der Waals surface area contributed by atoms with Gasteiger partial charge in [-0.05, 0) is 17.7 Å². The molecular formula is C14H13BrFN3O. The molecule has 1 aromatic heterocycles. The molecule has 0 fully saturated rings. The maximum Gasteiger partial charge on any atom is 0.318 e. The van der Waals surface area contributed by atoms with Crippen LogP contribution in [0.2, 0.25) is 0 Å². The number of nitrogens with zero attached hydrogens (tertiary/aromatic N) is 2. The Bertz CT molecular complexity index is 589. The fourth-order valence-corrected chi connectivity index (χ4v) is 1.73. The molecular weight excluding hydrogens is 325 g/mol. The minimum Gasteiger partial charge on any atom is -0.459 e. The molecule has 0 unspecified atom stereocenters. The van der Waals surface area contributed by atoms with Gasteiger partial charge in [0.15, 0.2) is 11.6 Å². The average Bonchev–Trinajstić information content (AvgIpc) is 2.46. The van der Waals surface area contributed by atoms with Crippen molar-refractivity contribution in [1.82, 2.24) is 9.97 Å². The van der Waals surface area contributed by atoms with E-state index >= 15 is 0 Å². The van der Waals surface area contributed by atoms with Gasteiger partial charge in [0.05, 0.1) is 6.20 Å². The maximum absolute atomic E-state index is 13.6. The van der Waals surface area contributed by atoms with E-state index in [0.717, 1.165) is 16.2 Å². The molecule has 2 aromatic rings. The van der Waals surface area contributed by atoms with Crippen molar-refractivity contribution in [3.8, 4) is 6.01 Å². The summed E-state index contributed by atoms with van der Waals surface area (Å²) in [5.74, 6) is -0.407. The molecule has 0 saturated heterocycles. The van der Waals surface area contributed by atoms with Gasteiger partial charge < -0.3 is 10.1 Å². The second-order valence-corrected chi connectivity index (χ2v) is 4.84. The summed E-state index contributed by atoms with van der Waals surface area (Å²) in [5.41, 5.74) is 1.01. The Morgan fingerprint density at radius 2 is 2.10 bits per heavy atom. The number of nitrogens with one attached hydrogen (secondary N) is 1. The van der Waals surface area contributed by atoms with Crippen LogP contribution in [0.3, 0.4) is 0 Å². The van der Waals surface area contributed by atoms with Crippen LogP contribution < -0.4 is 10.1 Å². The summed E-state index contributed by atoms with van der Waals surface area (Å²) in [7, 11) is 0. The highest BCUT2D eigenvalue weighted by Gasteiger charge is 2.07. The smallest absolute Gasteiger partial charge is 0.318 e. The van der Waals surface area contributed by atoms with Gasteiger partial charge in [0.2, 0.25) is 0 Å². The minimum absolute atomic E-state index is 0.113. The highest BCUT2D eigenvalue weighted by atomic mass is 79.9. The van der Waals surface area contributed by atoms with Crippen molar-refractivity contribution in [3.05, 3.63) is 59.0 Å². The van der Waals surface area contributed by atoms with Crippen molar-refractivity contribution in [2.75, 3.05) is 11.9 Å². The average molecular weight is 338 g/mol. The molecule has 0 amide bonds. The van der Waals surface area contributed by atoms with Gasteiger partial charge in [0, 0.05) is 11.0 Å². The first-order valence-corrected chi connectivity index (χ1v) is 6.73. The Kier molecular flexibility index (Phi) is 5.06. The number of hydrogen-bond acceptors (Lipinski definition) is 4. The number of benzene rings is 1. The van der Waals surface area contributed by atoms with Crippen LogP contribution >= 0.6 is 15.9 Å². The van der Waals surface area contributed by atoms with Crippen LogP contribution in [-0.2, 0) is 6.54 Å². The third kappa shape index (κ3) is 4.03. The van der Waals surface area contributed by atoms with Crippen LogP contribution in [0.25, 0.3) is 0 Å². The lowest BCUT2D eigenvalue weighted by Gasteiger charge is -2.08. The largest absolute Gasteiger partial charge is 0.459 e. The first-order chi connectivity index (χ1) is 9.69. The maximum atomic E-state index is 13.6. The summed E-state index contributed by atoms with van der Waals surface area (Å²) in [6, 6.07) is 7.83. The van der Waals surface area contributed by atoms with Gasteiger partial charge in [-0.3, -0.25) is 0 Å². The quantitative estimate of drug-likeness (QED) is 0.819. The van der Waals surface area contributed by atoms with Crippen molar-refractivity contribution in [1.29, 1.82) is 0 Å². The number of anilines is 1. The van der Waals surface area contributed by atoms with Gasteiger partial charge in [0.25, 0.3) is 0 Å². The Hall–Kier alpha value is -1.95. The molecule has 0 radical (unpaired) electrons. The summed E-state index contributed by atoms with van der Waals surface area (Å²) >= 11 is 3.36. The van der Waals surface area contributed by atoms with E-state index in [4.69, 9.17) is 4.74 Å². The zero-order valence-corrected chi connectivity index (χ0v) is 12.2. The van der Waals surface area contributed by atoms with E-state index in [1.807, 2.05) is 24.3 Å². The summed E-state index contributed by atoms with van der Waals surface area (Å²) in [6.07, 6.45) is 2.65. The number of rotatable bonds is 6. The molecule has 0 aliphatic rings. The van der Waals surface area contributed by atoms with Crippen molar-refractivity contribution in [2.24, 2.45) is 0 Å². The Labute approximate surface area is 124 Å². The lowest BCUT2D eigenvalue weighted by Crippen LogP contribution is -2.06. The summed E-state index contributed by atoms with van der Waals surface area (Å²) in [5, 5.41) is 2.92. The zero-order valence-electron chi connectivity index (χ0n) is 10.6. The van der Waals surface area contributed by atoms with Gasteiger partial charge in [-0.1, -0.05) is 40.7 Å². The Balaban J connectivity index is 2.04. The summed E-state index contributed by atoms with van der Waals surface area (Å²) in [6.45, 7) is 4.26. The van der Waals surface area contributed by atoms with Gasteiger partial charge in [-0.2, -0.15) is 4.98 Å². The highest BCUT2D eigenvalue weighted by molar-refractivity contribution is 9.10. The molecule has 1 aromatic carbocycles. The normalized spacial score (nSPS) is 10.1. The molecule has 0 spiro atoms. The van der Waals surface area contributed by atoms with Crippen LogP contribution in [0.4, 0.5) is 10.2 Å². The first kappa shape index (κ1) is 14.5. The molecule has 2 rings (SSSR count).